The van der Waals surface area contributed by atoms with Gasteiger partial charge in [-0.05, 0) is 43.8 Å². The van der Waals surface area contributed by atoms with Crippen LogP contribution in [-0.4, -0.2) is 28.5 Å². The number of nitrogens with one attached hydrogen (secondary N) is 1. The SMILES string of the molecule is CCN(C)Cc1cccc(CNc2ncnc3ccc(C)cc23)c1. The maximum atomic E-state index is 4.42. The summed E-state index contributed by atoms with van der Waals surface area (Å²) in [6.45, 7) is 7.04. The van der Waals surface area contributed by atoms with Gasteiger partial charge in [-0.1, -0.05) is 42.8 Å². The van der Waals surface area contributed by atoms with E-state index in [0.717, 1.165) is 36.4 Å². The second kappa shape index (κ2) is 7.41. The number of hydrogen-bond acceptors (Lipinski definition) is 4. The van der Waals surface area contributed by atoms with E-state index in [1.54, 1.807) is 6.33 Å². The lowest BCUT2D eigenvalue weighted by molar-refractivity contribution is 0.345. The van der Waals surface area contributed by atoms with Crippen LogP contribution in [0.3, 0.4) is 0 Å². The molecule has 0 spiro atoms. The van der Waals surface area contributed by atoms with E-state index in [-0.39, 0.29) is 0 Å². The van der Waals surface area contributed by atoms with Crippen molar-refractivity contribution < 1.29 is 0 Å². The fourth-order valence-electron chi connectivity index (χ4n) is 2.76. The van der Waals surface area contributed by atoms with Crippen LogP contribution in [0, 0.1) is 6.92 Å². The van der Waals surface area contributed by atoms with Crippen LogP contribution in [0.25, 0.3) is 10.9 Å². The zero-order valence-corrected chi connectivity index (χ0v) is 14.6. The van der Waals surface area contributed by atoms with Gasteiger partial charge in [0, 0.05) is 18.5 Å². The van der Waals surface area contributed by atoms with Crippen molar-refractivity contribution in [3.8, 4) is 0 Å². The second-order valence-electron chi connectivity index (χ2n) is 6.25. The molecule has 4 heteroatoms. The molecular weight excluding hydrogens is 296 g/mol. The molecule has 0 aliphatic rings. The molecule has 0 saturated carbocycles. The number of aryl methyl sites for hydroxylation is 1. The van der Waals surface area contributed by atoms with E-state index >= 15 is 0 Å². The Bertz CT molecular complexity index is 829. The minimum atomic E-state index is 0.754. The fraction of sp³-hybridized carbons (Fsp3) is 0.300. The van der Waals surface area contributed by atoms with Crippen molar-refractivity contribution in [2.45, 2.75) is 26.9 Å². The Kier molecular flexibility index (Phi) is 5.06. The first-order valence-electron chi connectivity index (χ1n) is 8.37. The van der Waals surface area contributed by atoms with Gasteiger partial charge in [0.2, 0.25) is 0 Å². The molecule has 3 aromatic rings. The average molecular weight is 320 g/mol. The van der Waals surface area contributed by atoms with Crippen molar-refractivity contribution >= 4 is 16.7 Å². The molecule has 0 amide bonds. The molecule has 0 bridgehead atoms. The van der Waals surface area contributed by atoms with Crippen LogP contribution in [0.15, 0.2) is 48.8 Å². The Labute approximate surface area is 143 Å². The largest absolute Gasteiger partial charge is 0.365 e. The third-order valence-corrected chi connectivity index (χ3v) is 4.23. The van der Waals surface area contributed by atoms with Crippen LogP contribution in [0.4, 0.5) is 5.82 Å². The van der Waals surface area contributed by atoms with Crippen molar-refractivity contribution in [3.05, 3.63) is 65.5 Å². The monoisotopic (exact) mass is 320 g/mol. The van der Waals surface area contributed by atoms with E-state index in [1.165, 1.54) is 16.7 Å². The standard InChI is InChI=1S/C20H24N4/c1-4-24(3)13-17-7-5-6-16(11-17)12-21-20-18-10-15(2)8-9-19(18)22-14-23-20/h5-11,14H,4,12-13H2,1-3H3,(H,21,22,23). The van der Waals surface area contributed by atoms with Gasteiger partial charge in [-0.3, -0.25) is 0 Å². The highest BCUT2D eigenvalue weighted by molar-refractivity contribution is 5.89. The van der Waals surface area contributed by atoms with Gasteiger partial charge in [-0.25, -0.2) is 9.97 Å². The van der Waals surface area contributed by atoms with Crippen LogP contribution in [0.2, 0.25) is 0 Å². The van der Waals surface area contributed by atoms with E-state index in [2.05, 4.69) is 77.5 Å². The van der Waals surface area contributed by atoms with E-state index in [9.17, 15) is 0 Å². The summed E-state index contributed by atoms with van der Waals surface area (Å²) in [5.41, 5.74) is 4.78. The van der Waals surface area contributed by atoms with Gasteiger partial charge >= 0.3 is 0 Å². The van der Waals surface area contributed by atoms with E-state index in [1.807, 2.05) is 6.07 Å². The maximum Gasteiger partial charge on any atom is 0.137 e. The van der Waals surface area contributed by atoms with Gasteiger partial charge < -0.3 is 10.2 Å². The lowest BCUT2D eigenvalue weighted by atomic mass is 10.1. The minimum absolute atomic E-state index is 0.754. The molecular formula is C20H24N4. The van der Waals surface area contributed by atoms with Gasteiger partial charge in [0.1, 0.15) is 12.1 Å². The third kappa shape index (κ3) is 3.89. The molecule has 0 unspecified atom stereocenters. The Balaban J connectivity index is 1.76. The molecule has 0 saturated heterocycles. The average Bonchev–Trinajstić information content (AvgIpc) is 2.60. The number of nitrogens with zero attached hydrogens (tertiary/aromatic N) is 3. The fourth-order valence-corrected chi connectivity index (χ4v) is 2.76. The molecule has 1 heterocycles. The smallest absolute Gasteiger partial charge is 0.137 e. The molecule has 1 aromatic heterocycles. The quantitative estimate of drug-likeness (QED) is 0.745. The van der Waals surface area contributed by atoms with Crippen LogP contribution >= 0.6 is 0 Å². The molecule has 2 aromatic carbocycles. The molecule has 0 atom stereocenters. The molecule has 0 aliphatic carbocycles. The zero-order valence-electron chi connectivity index (χ0n) is 14.6. The van der Waals surface area contributed by atoms with Gasteiger partial charge in [-0.15, -0.1) is 0 Å². The van der Waals surface area contributed by atoms with Gasteiger partial charge in [-0.2, -0.15) is 0 Å². The number of rotatable bonds is 6. The van der Waals surface area contributed by atoms with E-state index < -0.39 is 0 Å². The van der Waals surface area contributed by atoms with Crippen LogP contribution in [0.5, 0.6) is 0 Å². The summed E-state index contributed by atoms with van der Waals surface area (Å²) in [4.78, 5) is 11.1. The predicted molar refractivity (Wildman–Crippen MR) is 100 cm³/mol. The van der Waals surface area contributed by atoms with Gasteiger partial charge in [0.05, 0.1) is 5.52 Å². The number of hydrogen-bond donors (Lipinski definition) is 1. The van der Waals surface area contributed by atoms with Gasteiger partial charge in [0.15, 0.2) is 0 Å². The Morgan fingerprint density at radius 1 is 1.04 bits per heavy atom. The predicted octanol–water partition coefficient (Wildman–Crippen LogP) is 4.00. The first kappa shape index (κ1) is 16.4. The topological polar surface area (TPSA) is 41.0 Å². The minimum Gasteiger partial charge on any atom is -0.365 e. The lowest BCUT2D eigenvalue weighted by Gasteiger charge is -2.15. The van der Waals surface area contributed by atoms with Crippen molar-refractivity contribution in [3.63, 3.8) is 0 Å². The van der Waals surface area contributed by atoms with Crippen molar-refractivity contribution in [2.75, 3.05) is 18.9 Å². The summed E-state index contributed by atoms with van der Waals surface area (Å²) >= 11 is 0. The normalized spacial score (nSPS) is 11.2. The van der Waals surface area contributed by atoms with Crippen molar-refractivity contribution in [1.29, 1.82) is 0 Å². The second-order valence-corrected chi connectivity index (χ2v) is 6.25. The molecule has 0 fully saturated rings. The number of aromatic nitrogens is 2. The first-order valence-corrected chi connectivity index (χ1v) is 8.37. The molecule has 3 rings (SSSR count). The Morgan fingerprint density at radius 3 is 2.71 bits per heavy atom. The summed E-state index contributed by atoms with van der Waals surface area (Å²) in [5, 5.41) is 4.53. The molecule has 124 valence electrons. The summed E-state index contributed by atoms with van der Waals surface area (Å²) in [6.07, 6.45) is 1.62. The van der Waals surface area contributed by atoms with Gasteiger partial charge in [0.25, 0.3) is 0 Å². The molecule has 24 heavy (non-hydrogen) atoms. The summed E-state index contributed by atoms with van der Waals surface area (Å²) in [5.74, 6) is 0.889. The summed E-state index contributed by atoms with van der Waals surface area (Å²) in [7, 11) is 2.14. The third-order valence-electron chi connectivity index (χ3n) is 4.23. The van der Waals surface area contributed by atoms with E-state index in [0.29, 0.717) is 0 Å². The molecule has 1 N–H and O–H groups in total. The lowest BCUT2D eigenvalue weighted by Crippen LogP contribution is -2.16. The van der Waals surface area contributed by atoms with Crippen molar-refractivity contribution in [2.24, 2.45) is 0 Å². The van der Waals surface area contributed by atoms with Crippen LogP contribution < -0.4 is 5.32 Å². The number of anilines is 1. The number of benzene rings is 2. The first-order chi connectivity index (χ1) is 11.7. The number of fused-ring (bicyclic) bond motifs is 1. The highest BCUT2D eigenvalue weighted by Crippen LogP contribution is 2.21. The molecule has 4 nitrogen and oxygen atoms in total. The maximum absolute atomic E-state index is 4.42. The summed E-state index contributed by atoms with van der Waals surface area (Å²) < 4.78 is 0. The molecule has 0 radical (unpaired) electrons. The summed E-state index contributed by atoms with van der Waals surface area (Å²) in [6, 6.07) is 15.0. The van der Waals surface area contributed by atoms with Crippen LogP contribution in [0.1, 0.15) is 23.6 Å². The zero-order chi connectivity index (χ0) is 16.9. The van der Waals surface area contributed by atoms with Crippen molar-refractivity contribution in [1.82, 2.24) is 14.9 Å². The Hall–Kier alpha value is -2.46. The van der Waals surface area contributed by atoms with Crippen LogP contribution in [-0.2, 0) is 13.1 Å². The molecule has 0 aliphatic heterocycles. The van der Waals surface area contributed by atoms with E-state index in [4.69, 9.17) is 0 Å². The highest BCUT2D eigenvalue weighted by atomic mass is 15.1. The Morgan fingerprint density at radius 2 is 1.88 bits per heavy atom. The highest BCUT2D eigenvalue weighted by Gasteiger charge is 2.05.